The summed E-state index contributed by atoms with van der Waals surface area (Å²) in [6.07, 6.45) is 3.15. The first-order valence-electron chi connectivity index (χ1n) is 12.6. The van der Waals surface area contributed by atoms with Crippen LogP contribution in [0.25, 0.3) is 10.8 Å². The van der Waals surface area contributed by atoms with E-state index in [1.165, 1.54) is 10.4 Å². The molecule has 1 aliphatic carbocycles. The number of aryl methyl sites for hydroxylation is 2. The van der Waals surface area contributed by atoms with Crippen molar-refractivity contribution in [2.45, 2.75) is 50.5 Å². The van der Waals surface area contributed by atoms with Crippen LogP contribution in [0.5, 0.6) is 17.2 Å². The summed E-state index contributed by atoms with van der Waals surface area (Å²) in [6.45, 7) is 3.80. The third-order valence-electron chi connectivity index (χ3n) is 7.14. The summed E-state index contributed by atoms with van der Waals surface area (Å²) in [4.78, 5) is 11.7. The van der Waals surface area contributed by atoms with Gasteiger partial charge in [0.15, 0.2) is 0 Å². The maximum atomic E-state index is 14.3. The van der Waals surface area contributed by atoms with Gasteiger partial charge in [-0.05, 0) is 80.3 Å². The summed E-state index contributed by atoms with van der Waals surface area (Å²) in [6, 6.07) is 17.6. The molecule has 2 N–H and O–H groups in total. The van der Waals surface area contributed by atoms with Crippen LogP contribution in [0.2, 0.25) is 5.02 Å². The number of carboxylic acid groups (broad SMARTS) is 1. The number of aromatic hydroxyl groups is 1. The fraction of sp³-hybridized carbons (Fsp3) is 0.233. The number of hydrogen-bond acceptors (Lipinski definition) is 5. The van der Waals surface area contributed by atoms with Crippen LogP contribution in [-0.4, -0.2) is 30.6 Å². The third kappa shape index (κ3) is 5.02. The Bertz CT molecular complexity index is 1660. The van der Waals surface area contributed by atoms with Crippen molar-refractivity contribution in [1.29, 1.82) is 0 Å². The van der Waals surface area contributed by atoms with E-state index < -0.39 is 27.3 Å². The number of nitrogens with zero attached hydrogens (tertiary/aromatic N) is 1. The lowest BCUT2D eigenvalue weighted by Crippen LogP contribution is -2.39. The van der Waals surface area contributed by atoms with E-state index >= 15 is 0 Å². The zero-order valence-electron chi connectivity index (χ0n) is 21.5. The van der Waals surface area contributed by atoms with Crippen LogP contribution in [-0.2, 0) is 10.0 Å². The van der Waals surface area contributed by atoms with Gasteiger partial charge in [0, 0.05) is 21.8 Å². The van der Waals surface area contributed by atoms with Crippen molar-refractivity contribution in [2.75, 3.05) is 4.31 Å². The highest BCUT2D eigenvalue weighted by atomic mass is 35.5. The molecule has 0 aliphatic heterocycles. The molecule has 0 spiro atoms. The van der Waals surface area contributed by atoms with Crippen molar-refractivity contribution in [3.8, 4) is 17.2 Å². The number of benzene rings is 4. The summed E-state index contributed by atoms with van der Waals surface area (Å²) in [5.74, 6) is -0.707. The molecule has 0 unspecified atom stereocenters. The quantitative estimate of drug-likeness (QED) is 0.241. The summed E-state index contributed by atoms with van der Waals surface area (Å²) >= 11 is 6.27. The molecule has 0 atom stereocenters. The van der Waals surface area contributed by atoms with Crippen LogP contribution in [0.3, 0.4) is 0 Å². The number of aromatic carboxylic acids is 1. The Morgan fingerprint density at radius 3 is 2.10 bits per heavy atom. The molecule has 0 radical (unpaired) electrons. The number of sulfonamides is 1. The van der Waals surface area contributed by atoms with Crippen LogP contribution in [0.4, 0.5) is 5.69 Å². The van der Waals surface area contributed by atoms with Crippen LogP contribution >= 0.6 is 11.6 Å². The number of fused-ring (bicyclic) bond motifs is 1. The van der Waals surface area contributed by atoms with Gasteiger partial charge in [-0.2, -0.15) is 0 Å². The molecule has 1 saturated carbocycles. The van der Waals surface area contributed by atoms with Gasteiger partial charge in [0.25, 0.3) is 10.0 Å². The molecule has 0 saturated heterocycles. The van der Waals surface area contributed by atoms with Crippen LogP contribution in [0, 0.1) is 13.8 Å². The molecule has 39 heavy (non-hydrogen) atoms. The van der Waals surface area contributed by atoms with Crippen molar-refractivity contribution in [2.24, 2.45) is 0 Å². The molecular formula is C30H28ClNO6S. The molecule has 9 heteroatoms. The molecular weight excluding hydrogens is 538 g/mol. The van der Waals surface area contributed by atoms with Gasteiger partial charge in [0.2, 0.25) is 0 Å². The molecule has 4 aromatic rings. The molecule has 0 aromatic heterocycles. The average Bonchev–Trinajstić information content (AvgIpc) is 3.42. The first-order valence-corrected chi connectivity index (χ1v) is 14.5. The van der Waals surface area contributed by atoms with E-state index in [2.05, 4.69) is 0 Å². The van der Waals surface area contributed by atoms with E-state index in [0.717, 1.165) is 30.0 Å². The highest BCUT2D eigenvalue weighted by molar-refractivity contribution is 7.93. The number of carboxylic acids is 1. The van der Waals surface area contributed by atoms with Gasteiger partial charge in [-0.1, -0.05) is 48.7 Å². The Morgan fingerprint density at radius 1 is 0.923 bits per heavy atom. The van der Waals surface area contributed by atoms with E-state index in [1.54, 1.807) is 42.5 Å². The second-order valence-corrected chi connectivity index (χ2v) is 12.0. The van der Waals surface area contributed by atoms with Crippen molar-refractivity contribution < 1.29 is 28.2 Å². The number of halogens is 1. The van der Waals surface area contributed by atoms with Crippen molar-refractivity contribution in [3.63, 3.8) is 0 Å². The van der Waals surface area contributed by atoms with E-state index in [-0.39, 0.29) is 21.7 Å². The Kier molecular flexibility index (Phi) is 7.18. The van der Waals surface area contributed by atoms with Gasteiger partial charge < -0.3 is 14.9 Å². The summed E-state index contributed by atoms with van der Waals surface area (Å²) in [7, 11) is -4.22. The summed E-state index contributed by atoms with van der Waals surface area (Å²) in [5, 5.41) is 21.4. The van der Waals surface area contributed by atoms with E-state index in [0.29, 0.717) is 35.1 Å². The molecule has 1 fully saturated rings. The van der Waals surface area contributed by atoms with Gasteiger partial charge in [-0.3, -0.25) is 4.31 Å². The van der Waals surface area contributed by atoms with Crippen LogP contribution in [0.15, 0.2) is 71.6 Å². The molecule has 7 nitrogen and oxygen atoms in total. The standard InChI is InChI=1S/C30H28ClNO6S/c1-18-15-23(16-19(2)28(18)31)38-22-13-11-21(12-14-22)32(20-7-3-4-8-20)39(36,37)27-17-26(30(34)35)29(33)25-10-6-5-9-24(25)27/h5-6,9-17,20,33H,3-4,7-8H2,1-2H3,(H,34,35). The molecule has 5 rings (SSSR count). The molecule has 202 valence electrons. The average molecular weight is 566 g/mol. The topological polar surface area (TPSA) is 104 Å². The number of phenols is 1. The number of rotatable bonds is 7. The van der Waals surface area contributed by atoms with Gasteiger partial charge in [-0.15, -0.1) is 0 Å². The fourth-order valence-corrected chi connectivity index (χ4v) is 7.30. The molecule has 1 aliphatic rings. The largest absolute Gasteiger partial charge is 0.506 e. The predicted molar refractivity (Wildman–Crippen MR) is 152 cm³/mol. The summed E-state index contributed by atoms with van der Waals surface area (Å²) < 4.78 is 36.0. The number of ether oxygens (including phenoxy) is 1. The Labute approximate surface area is 232 Å². The Balaban J connectivity index is 1.58. The van der Waals surface area contributed by atoms with Crippen molar-refractivity contribution >= 4 is 44.1 Å². The Morgan fingerprint density at radius 2 is 1.51 bits per heavy atom. The zero-order chi connectivity index (χ0) is 27.9. The van der Waals surface area contributed by atoms with Gasteiger partial charge in [0.1, 0.15) is 22.8 Å². The minimum absolute atomic E-state index is 0.160. The number of anilines is 1. The van der Waals surface area contributed by atoms with E-state index in [9.17, 15) is 23.4 Å². The van der Waals surface area contributed by atoms with E-state index in [1.807, 2.05) is 26.0 Å². The first kappa shape index (κ1) is 26.8. The highest BCUT2D eigenvalue weighted by Crippen LogP contribution is 2.40. The van der Waals surface area contributed by atoms with E-state index in [4.69, 9.17) is 16.3 Å². The minimum Gasteiger partial charge on any atom is -0.506 e. The predicted octanol–water partition coefficient (Wildman–Crippen LogP) is 7.44. The highest BCUT2D eigenvalue weighted by Gasteiger charge is 2.36. The minimum atomic E-state index is -4.22. The monoisotopic (exact) mass is 565 g/mol. The van der Waals surface area contributed by atoms with Gasteiger partial charge in [0.05, 0.1) is 10.6 Å². The molecule has 0 heterocycles. The number of hydrogen-bond donors (Lipinski definition) is 2. The fourth-order valence-electron chi connectivity index (χ4n) is 5.26. The maximum Gasteiger partial charge on any atom is 0.339 e. The smallest absolute Gasteiger partial charge is 0.339 e. The normalized spacial score (nSPS) is 14.0. The second kappa shape index (κ2) is 10.4. The third-order valence-corrected chi connectivity index (χ3v) is 9.66. The number of carbonyl (C=O) groups is 1. The first-order chi connectivity index (χ1) is 18.6. The second-order valence-electron chi connectivity index (χ2n) is 9.83. The summed E-state index contributed by atoms with van der Waals surface area (Å²) in [5.41, 5.74) is 1.77. The SMILES string of the molecule is Cc1cc(Oc2ccc(N(C3CCCC3)S(=O)(=O)c3cc(C(=O)O)c(O)c4ccccc34)cc2)cc(C)c1Cl. The van der Waals surface area contributed by atoms with Gasteiger partial charge in [-0.25, -0.2) is 13.2 Å². The Hall–Kier alpha value is -3.75. The van der Waals surface area contributed by atoms with Gasteiger partial charge >= 0.3 is 5.97 Å². The van der Waals surface area contributed by atoms with Crippen molar-refractivity contribution in [1.82, 2.24) is 0 Å². The lowest BCUT2D eigenvalue weighted by molar-refractivity contribution is 0.0693. The molecule has 4 aromatic carbocycles. The van der Waals surface area contributed by atoms with Crippen molar-refractivity contribution in [3.05, 3.63) is 88.4 Å². The zero-order valence-corrected chi connectivity index (χ0v) is 23.1. The lowest BCUT2D eigenvalue weighted by atomic mass is 10.1. The maximum absolute atomic E-state index is 14.3. The molecule has 0 amide bonds. The lowest BCUT2D eigenvalue weighted by Gasteiger charge is -2.31. The molecule has 0 bridgehead atoms. The van der Waals surface area contributed by atoms with Crippen LogP contribution < -0.4 is 9.04 Å². The van der Waals surface area contributed by atoms with Crippen LogP contribution in [0.1, 0.15) is 47.2 Å².